The van der Waals surface area contributed by atoms with Crippen molar-refractivity contribution >= 4 is 17.6 Å². The van der Waals surface area contributed by atoms with Gasteiger partial charge in [0.1, 0.15) is 11.5 Å². The maximum absolute atomic E-state index is 12.9. The smallest absolute Gasteiger partial charge is 0.345 e. The van der Waals surface area contributed by atoms with Gasteiger partial charge in [-0.25, -0.2) is 4.79 Å². The van der Waals surface area contributed by atoms with Gasteiger partial charge in [-0.05, 0) is 60.9 Å². The normalized spacial score (nSPS) is 14.7. The third-order valence-corrected chi connectivity index (χ3v) is 7.08. The van der Waals surface area contributed by atoms with Gasteiger partial charge >= 0.3 is 5.97 Å². The zero-order valence-corrected chi connectivity index (χ0v) is 22.7. The van der Waals surface area contributed by atoms with Crippen LogP contribution in [-0.4, -0.2) is 24.5 Å². The molecule has 3 aromatic carbocycles. The third kappa shape index (κ3) is 7.25. The van der Waals surface area contributed by atoms with E-state index < -0.39 is 5.97 Å². The Labute approximate surface area is 226 Å². The Bertz CT molecular complexity index is 1190. The summed E-state index contributed by atoms with van der Waals surface area (Å²) in [6.45, 7) is 4.97. The molecular weight excluding hydrogens is 474 g/mol. The quantitative estimate of drug-likeness (QED) is 0.0943. The molecule has 0 spiro atoms. The molecule has 0 aliphatic carbocycles. The van der Waals surface area contributed by atoms with E-state index in [0.29, 0.717) is 23.4 Å². The van der Waals surface area contributed by atoms with Crippen molar-refractivity contribution in [1.29, 1.82) is 0 Å². The van der Waals surface area contributed by atoms with Gasteiger partial charge in [0.25, 0.3) is 0 Å². The molecule has 5 heteroatoms. The van der Waals surface area contributed by atoms with Gasteiger partial charge in [0.15, 0.2) is 0 Å². The highest BCUT2D eigenvalue weighted by atomic mass is 16.5. The zero-order valence-electron chi connectivity index (χ0n) is 22.7. The second-order valence-electron chi connectivity index (χ2n) is 10.1. The van der Waals surface area contributed by atoms with Gasteiger partial charge in [0.2, 0.25) is 5.91 Å². The van der Waals surface area contributed by atoms with Crippen molar-refractivity contribution in [2.75, 3.05) is 11.5 Å². The summed E-state index contributed by atoms with van der Waals surface area (Å²) in [6.07, 6.45) is 10.8. The first-order valence-electron chi connectivity index (χ1n) is 14.0. The van der Waals surface area contributed by atoms with E-state index in [1.165, 1.54) is 44.9 Å². The Kier molecular flexibility index (Phi) is 9.97. The van der Waals surface area contributed by atoms with E-state index in [-0.39, 0.29) is 11.9 Å². The molecule has 0 N–H and O–H groups in total. The number of nitrogens with zero attached hydrogens (tertiary/aromatic N) is 1. The molecule has 0 radical (unpaired) electrons. The molecule has 1 aliphatic rings. The fourth-order valence-corrected chi connectivity index (χ4v) is 4.85. The fourth-order valence-electron chi connectivity index (χ4n) is 4.85. The summed E-state index contributed by atoms with van der Waals surface area (Å²) in [6, 6.07) is 22.7. The summed E-state index contributed by atoms with van der Waals surface area (Å²) in [5, 5.41) is 0. The van der Waals surface area contributed by atoms with Gasteiger partial charge in [-0.3, -0.25) is 4.79 Å². The van der Waals surface area contributed by atoms with Crippen LogP contribution in [0.1, 0.15) is 82.0 Å². The van der Waals surface area contributed by atoms with Crippen LogP contribution in [0.3, 0.4) is 0 Å². The van der Waals surface area contributed by atoms with Crippen molar-refractivity contribution < 1.29 is 19.1 Å². The van der Waals surface area contributed by atoms with Crippen molar-refractivity contribution in [3.05, 3.63) is 78.4 Å². The first kappa shape index (κ1) is 27.4. The van der Waals surface area contributed by atoms with Gasteiger partial charge in [0.05, 0.1) is 17.9 Å². The second-order valence-corrected chi connectivity index (χ2v) is 10.1. The second kappa shape index (κ2) is 13.8. The molecule has 4 rings (SSSR count). The van der Waals surface area contributed by atoms with Gasteiger partial charge in [-0.1, -0.05) is 88.3 Å². The van der Waals surface area contributed by atoms with Gasteiger partial charge in [-0.15, -0.1) is 0 Å². The number of unbranched alkanes of at least 4 members (excludes halogenated alkanes) is 7. The van der Waals surface area contributed by atoms with E-state index >= 15 is 0 Å². The average molecular weight is 514 g/mol. The molecule has 0 bridgehead atoms. The van der Waals surface area contributed by atoms with E-state index in [1.54, 1.807) is 35.2 Å². The molecule has 5 nitrogen and oxygen atoms in total. The summed E-state index contributed by atoms with van der Waals surface area (Å²) < 4.78 is 11.6. The number of rotatable bonds is 14. The van der Waals surface area contributed by atoms with Crippen LogP contribution < -0.4 is 14.4 Å². The highest BCUT2D eigenvalue weighted by Crippen LogP contribution is 2.31. The van der Waals surface area contributed by atoms with Gasteiger partial charge < -0.3 is 14.4 Å². The summed E-state index contributed by atoms with van der Waals surface area (Å²) >= 11 is 0. The van der Waals surface area contributed by atoms with Crippen molar-refractivity contribution in [1.82, 2.24) is 0 Å². The Hall–Kier alpha value is -3.60. The lowest BCUT2D eigenvalue weighted by Gasteiger charge is -2.38. The number of ether oxygens (including phenoxy) is 2. The monoisotopic (exact) mass is 513 g/mol. The maximum atomic E-state index is 12.9. The largest absolute Gasteiger partial charge is 0.494 e. The van der Waals surface area contributed by atoms with Crippen molar-refractivity contribution in [2.24, 2.45) is 0 Å². The Balaban J connectivity index is 1.25. The molecule has 1 saturated heterocycles. The third-order valence-electron chi connectivity index (χ3n) is 7.08. The molecule has 1 fully saturated rings. The zero-order chi connectivity index (χ0) is 26.7. The van der Waals surface area contributed by atoms with E-state index in [4.69, 9.17) is 9.47 Å². The van der Waals surface area contributed by atoms with E-state index in [2.05, 4.69) is 6.92 Å². The lowest BCUT2D eigenvalue weighted by Crippen LogP contribution is -2.51. The van der Waals surface area contributed by atoms with Crippen LogP contribution in [0.15, 0.2) is 72.8 Å². The minimum absolute atomic E-state index is 0.0201. The first-order valence-corrected chi connectivity index (χ1v) is 14.0. The van der Waals surface area contributed by atoms with Crippen LogP contribution in [0.2, 0.25) is 0 Å². The molecule has 3 aromatic rings. The molecule has 38 heavy (non-hydrogen) atoms. The van der Waals surface area contributed by atoms with Crippen LogP contribution in [0.4, 0.5) is 5.69 Å². The number of anilines is 1. The molecule has 200 valence electrons. The van der Waals surface area contributed by atoms with E-state index in [9.17, 15) is 9.59 Å². The summed E-state index contributed by atoms with van der Waals surface area (Å²) in [5.74, 6) is 0.891. The number of benzene rings is 3. The maximum Gasteiger partial charge on any atom is 0.345 e. The number of hydrogen-bond acceptors (Lipinski definition) is 4. The van der Waals surface area contributed by atoms with Gasteiger partial charge in [-0.2, -0.15) is 0 Å². The summed E-state index contributed by atoms with van der Waals surface area (Å²) in [5.41, 5.74) is 3.08. The van der Waals surface area contributed by atoms with Crippen molar-refractivity contribution in [3.8, 4) is 22.6 Å². The summed E-state index contributed by atoms with van der Waals surface area (Å²) in [7, 11) is 0. The minimum Gasteiger partial charge on any atom is -0.494 e. The molecule has 1 amide bonds. The van der Waals surface area contributed by atoms with Crippen LogP contribution in [0.5, 0.6) is 11.5 Å². The van der Waals surface area contributed by atoms with E-state index in [0.717, 1.165) is 29.9 Å². The molecule has 0 aromatic heterocycles. The molecular formula is C33H39NO4. The number of carbonyl (C=O) groups excluding carboxylic acids is 2. The Morgan fingerprint density at radius 1 is 0.789 bits per heavy atom. The minimum atomic E-state index is -0.474. The number of carbonyl (C=O) groups is 2. The highest BCUT2D eigenvalue weighted by Gasteiger charge is 2.35. The topological polar surface area (TPSA) is 55.8 Å². The standard InChI is InChI=1S/C33H39NO4/c1-3-4-5-6-7-8-9-12-23-37-28-19-15-26(16-20-28)27-17-21-29(22-18-27)38-33(36)30-13-10-11-14-31(30)34-25(2)24-32(34)35/h10-11,13-22,25H,3-9,12,23-24H2,1-2H3. The van der Waals surface area contributed by atoms with E-state index in [1.807, 2.05) is 49.4 Å². The molecule has 1 aliphatic heterocycles. The molecule has 1 unspecified atom stereocenters. The predicted octanol–water partition coefficient (Wildman–Crippen LogP) is 8.22. The molecule has 0 saturated carbocycles. The number of hydrogen-bond donors (Lipinski definition) is 0. The van der Waals surface area contributed by atoms with Crippen molar-refractivity contribution in [3.63, 3.8) is 0 Å². The van der Waals surface area contributed by atoms with Gasteiger partial charge in [0, 0.05) is 12.5 Å². The van der Waals surface area contributed by atoms with Crippen LogP contribution in [0, 0.1) is 0 Å². The average Bonchev–Trinajstić information content (AvgIpc) is 2.93. The molecule has 1 atom stereocenters. The van der Waals surface area contributed by atoms with Crippen LogP contribution >= 0.6 is 0 Å². The number of para-hydroxylation sites is 1. The lowest BCUT2D eigenvalue weighted by atomic mass is 10.0. The number of β-lactam (4-membered cyclic amide) rings is 1. The number of esters is 1. The molecule has 1 heterocycles. The summed E-state index contributed by atoms with van der Waals surface area (Å²) in [4.78, 5) is 26.6. The van der Waals surface area contributed by atoms with Crippen LogP contribution in [-0.2, 0) is 4.79 Å². The predicted molar refractivity (Wildman–Crippen MR) is 153 cm³/mol. The number of amides is 1. The fraction of sp³-hybridized carbons (Fsp3) is 0.394. The first-order chi connectivity index (χ1) is 18.6. The van der Waals surface area contributed by atoms with Crippen molar-refractivity contribution in [2.45, 2.75) is 77.7 Å². The lowest BCUT2D eigenvalue weighted by molar-refractivity contribution is -0.123. The Morgan fingerprint density at radius 2 is 1.37 bits per heavy atom. The highest BCUT2D eigenvalue weighted by molar-refractivity contribution is 6.07. The SMILES string of the molecule is CCCCCCCCCCOc1ccc(-c2ccc(OC(=O)c3ccccc3N3C(=O)CC3C)cc2)cc1. The van der Waals surface area contributed by atoms with Crippen LogP contribution in [0.25, 0.3) is 11.1 Å². The Morgan fingerprint density at radius 3 is 1.97 bits per heavy atom.